The van der Waals surface area contributed by atoms with Crippen LogP contribution in [0.15, 0.2) is 0 Å². The monoisotopic (exact) mass is 211 g/mol. The first-order valence-electron chi connectivity index (χ1n) is 4.77. The molecule has 2 heterocycles. The molecule has 4 nitrogen and oxygen atoms in total. The van der Waals surface area contributed by atoms with Crippen LogP contribution in [-0.4, -0.2) is 34.0 Å². The topological polar surface area (TPSA) is 46.1 Å². The molecule has 1 aliphatic heterocycles. The van der Waals surface area contributed by atoms with Crippen molar-refractivity contribution in [3.8, 4) is 0 Å². The van der Waals surface area contributed by atoms with Crippen molar-refractivity contribution in [3.05, 3.63) is 10.0 Å². The predicted molar refractivity (Wildman–Crippen MR) is 54.2 cm³/mol. The minimum atomic E-state index is 0.345. The largest absolute Gasteiger partial charge is 0.298 e. The molecule has 0 bridgehead atoms. The lowest BCUT2D eigenvalue weighted by Crippen LogP contribution is -2.34. The Morgan fingerprint density at radius 1 is 1.50 bits per heavy atom. The van der Waals surface area contributed by atoms with Crippen LogP contribution in [0.3, 0.4) is 0 Å². The molecule has 1 aliphatic rings. The van der Waals surface area contributed by atoms with Gasteiger partial charge in [0.05, 0.1) is 13.1 Å². The maximum atomic E-state index is 11.2. The molecule has 1 aromatic heterocycles. The van der Waals surface area contributed by atoms with Gasteiger partial charge in [0.2, 0.25) is 0 Å². The summed E-state index contributed by atoms with van der Waals surface area (Å²) in [5, 5.41) is 10.0. The fourth-order valence-electron chi connectivity index (χ4n) is 1.63. The average molecular weight is 211 g/mol. The van der Waals surface area contributed by atoms with Crippen LogP contribution in [0.25, 0.3) is 0 Å². The van der Waals surface area contributed by atoms with Crippen molar-refractivity contribution in [1.82, 2.24) is 15.1 Å². The van der Waals surface area contributed by atoms with Crippen molar-refractivity contribution in [1.29, 1.82) is 0 Å². The highest BCUT2D eigenvalue weighted by atomic mass is 32.1. The first-order valence-corrected chi connectivity index (χ1v) is 5.59. The zero-order valence-corrected chi connectivity index (χ0v) is 9.01. The molecule has 1 aromatic rings. The highest BCUT2D eigenvalue weighted by Crippen LogP contribution is 2.14. The summed E-state index contributed by atoms with van der Waals surface area (Å²) in [4.78, 5) is 13.3. The second-order valence-corrected chi connectivity index (χ2v) is 4.83. The fourth-order valence-corrected chi connectivity index (χ4v) is 2.39. The van der Waals surface area contributed by atoms with E-state index in [9.17, 15) is 4.79 Å². The third-order valence-electron chi connectivity index (χ3n) is 2.26. The normalized spacial score (nSPS) is 18.8. The Hall–Kier alpha value is -0.810. The number of hydrogen-bond donors (Lipinski definition) is 0. The molecule has 0 atom stereocenters. The maximum absolute atomic E-state index is 11.2. The summed E-state index contributed by atoms with van der Waals surface area (Å²) in [6.07, 6.45) is 1.72. The average Bonchev–Trinajstić information content (AvgIpc) is 2.51. The zero-order chi connectivity index (χ0) is 9.97. The molecule has 0 amide bonds. The lowest BCUT2D eigenvalue weighted by Gasteiger charge is -2.23. The van der Waals surface area contributed by atoms with E-state index in [0.717, 1.165) is 35.9 Å². The van der Waals surface area contributed by atoms with Crippen molar-refractivity contribution in [3.63, 3.8) is 0 Å². The van der Waals surface area contributed by atoms with Crippen LogP contribution in [0.5, 0.6) is 0 Å². The molecule has 0 unspecified atom stereocenters. The van der Waals surface area contributed by atoms with E-state index >= 15 is 0 Å². The van der Waals surface area contributed by atoms with E-state index in [2.05, 4.69) is 15.1 Å². The summed E-state index contributed by atoms with van der Waals surface area (Å²) in [5.41, 5.74) is 0. The minimum absolute atomic E-state index is 0.345. The van der Waals surface area contributed by atoms with Gasteiger partial charge in [-0.2, -0.15) is 0 Å². The van der Waals surface area contributed by atoms with Crippen molar-refractivity contribution >= 4 is 17.1 Å². The number of aryl methyl sites for hydroxylation is 1. The molecule has 0 aliphatic carbocycles. The van der Waals surface area contributed by atoms with Gasteiger partial charge in [0.25, 0.3) is 0 Å². The Bertz CT molecular complexity index is 337. The second kappa shape index (κ2) is 4.14. The molecule has 76 valence electrons. The van der Waals surface area contributed by atoms with E-state index in [1.54, 1.807) is 11.3 Å². The molecular weight excluding hydrogens is 198 g/mol. The van der Waals surface area contributed by atoms with Crippen LogP contribution >= 0.6 is 11.3 Å². The summed E-state index contributed by atoms with van der Waals surface area (Å²) < 4.78 is 0. The minimum Gasteiger partial charge on any atom is -0.298 e. The van der Waals surface area contributed by atoms with Crippen LogP contribution in [0.1, 0.15) is 22.9 Å². The molecule has 0 aromatic carbocycles. The third-order valence-corrected chi connectivity index (χ3v) is 3.08. The van der Waals surface area contributed by atoms with Gasteiger partial charge in [-0.05, 0) is 19.9 Å². The van der Waals surface area contributed by atoms with Gasteiger partial charge in [-0.25, -0.2) is 0 Å². The van der Waals surface area contributed by atoms with E-state index in [-0.39, 0.29) is 0 Å². The SMILES string of the molecule is Cc1nnc(CN2CCCC(=O)C2)s1. The molecule has 2 rings (SSSR count). The van der Waals surface area contributed by atoms with Crippen LogP contribution < -0.4 is 0 Å². The van der Waals surface area contributed by atoms with Gasteiger partial charge in [-0.1, -0.05) is 0 Å². The lowest BCUT2D eigenvalue weighted by atomic mass is 10.1. The standard InChI is InChI=1S/C9H13N3OS/c1-7-10-11-9(14-7)6-12-4-2-3-8(13)5-12/h2-6H2,1H3. The zero-order valence-electron chi connectivity index (χ0n) is 8.19. The summed E-state index contributed by atoms with van der Waals surface area (Å²) in [6.45, 7) is 4.31. The number of likely N-dealkylation sites (tertiary alicyclic amines) is 1. The molecule has 0 spiro atoms. The Morgan fingerprint density at radius 3 is 3.00 bits per heavy atom. The molecule has 0 radical (unpaired) electrons. The summed E-state index contributed by atoms with van der Waals surface area (Å²) in [5.74, 6) is 0.345. The number of carbonyl (C=O) groups excluding carboxylic acids is 1. The molecule has 1 fully saturated rings. The van der Waals surface area contributed by atoms with E-state index < -0.39 is 0 Å². The molecule has 0 saturated carbocycles. The van der Waals surface area contributed by atoms with E-state index in [4.69, 9.17) is 0 Å². The van der Waals surface area contributed by atoms with Gasteiger partial charge < -0.3 is 0 Å². The predicted octanol–water partition coefficient (Wildman–Crippen LogP) is 1.01. The number of hydrogen-bond acceptors (Lipinski definition) is 5. The van der Waals surface area contributed by atoms with E-state index in [1.165, 1.54) is 0 Å². The first-order chi connectivity index (χ1) is 6.74. The van der Waals surface area contributed by atoms with Gasteiger partial charge in [0, 0.05) is 6.42 Å². The Morgan fingerprint density at radius 2 is 2.36 bits per heavy atom. The number of piperidine rings is 1. The summed E-state index contributed by atoms with van der Waals surface area (Å²) >= 11 is 1.61. The Labute approximate surface area is 86.9 Å². The summed E-state index contributed by atoms with van der Waals surface area (Å²) in [7, 11) is 0. The number of carbonyl (C=O) groups is 1. The number of ketones is 1. The van der Waals surface area contributed by atoms with E-state index in [1.807, 2.05) is 6.92 Å². The highest BCUT2D eigenvalue weighted by Gasteiger charge is 2.17. The van der Waals surface area contributed by atoms with Crippen molar-refractivity contribution in [2.24, 2.45) is 0 Å². The third kappa shape index (κ3) is 2.36. The highest BCUT2D eigenvalue weighted by molar-refractivity contribution is 7.11. The number of nitrogens with zero attached hydrogens (tertiary/aromatic N) is 3. The van der Waals surface area contributed by atoms with Gasteiger partial charge in [0.1, 0.15) is 15.8 Å². The van der Waals surface area contributed by atoms with Crippen LogP contribution in [0, 0.1) is 6.92 Å². The summed E-state index contributed by atoms with van der Waals surface area (Å²) in [6, 6.07) is 0. The fraction of sp³-hybridized carbons (Fsp3) is 0.667. The van der Waals surface area contributed by atoms with Crippen molar-refractivity contribution in [2.75, 3.05) is 13.1 Å². The number of rotatable bonds is 2. The Kier molecular flexibility index (Phi) is 2.88. The molecule has 5 heteroatoms. The van der Waals surface area contributed by atoms with Crippen molar-refractivity contribution in [2.45, 2.75) is 26.3 Å². The van der Waals surface area contributed by atoms with Crippen LogP contribution in [0.4, 0.5) is 0 Å². The maximum Gasteiger partial charge on any atom is 0.146 e. The molecule has 1 saturated heterocycles. The number of aromatic nitrogens is 2. The van der Waals surface area contributed by atoms with Crippen LogP contribution in [0.2, 0.25) is 0 Å². The smallest absolute Gasteiger partial charge is 0.146 e. The van der Waals surface area contributed by atoms with Crippen LogP contribution in [-0.2, 0) is 11.3 Å². The quantitative estimate of drug-likeness (QED) is 0.732. The molecular formula is C9H13N3OS. The van der Waals surface area contributed by atoms with Gasteiger partial charge in [-0.15, -0.1) is 21.5 Å². The van der Waals surface area contributed by atoms with E-state index in [0.29, 0.717) is 12.3 Å². The second-order valence-electron chi connectivity index (χ2n) is 3.57. The number of Topliss-reactive ketones (excluding diaryl/α,β-unsaturated/α-hetero) is 1. The molecule has 0 N–H and O–H groups in total. The Balaban J connectivity index is 1.93. The van der Waals surface area contributed by atoms with Crippen molar-refractivity contribution < 1.29 is 4.79 Å². The van der Waals surface area contributed by atoms with Gasteiger partial charge >= 0.3 is 0 Å². The molecule has 14 heavy (non-hydrogen) atoms. The van der Waals surface area contributed by atoms with Gasteiger partial charge in [-0.3, -0.25) is 9.69 Å². The first kappa shape index (κ1) is 9.73. The lowest BCUT2D eigenvalue weighted by molar-refractivity contribution is -0.122. The van der Waals surface area contributed by atoms with Gasteiger partial charge in [0.15, 0.2) is 0 Å².